The summed E-state index contributed by atoms with van der Waals surface area (Å²) in [6.07, 6.45) is 3.30. The predicted octanol–water partition coefficient (Wildman–Crippen LogP) is 4.28. The van der Waals surface area contributed by atoms with Crippen molar-refractivity contribution in [1.29, 1.82) is 0 Å². The van der Waals surface area contributed by atoms with Gasteiger partial charge in [0.15, 0.2) is 0 Å². The molecule has 140 valence electrons. The normalized spacial score (nSPS) is 16.0. The number of carbonyl (C=O) groups is 2. The van der Waals surface area contributed by atoms with Crippen molar-refractivity contribution in [3.05, 3.63) is 76.4 Å². The van der Waals surface area contributed by atoms with Gasteiger partial charge in [-0.05, 0) is 42.2 Å². The molecule has 5 nitrogen and oxygen atoms in total. The largest absolute Gasteiger partial charge is 0.467 e. The average Bonchev–Trinajstić information content (AvgIpc) is 3.25. The van der Waals surface area contributed by atoms with Gasteiger partial charge in [-0.2, -0.15) is 0 Å². The maximum atomic E-state index is 13.0. The molecule has 0 atom stereocenters. The highest BCUT2D eigenvalue weighted by Crippen LogP contribution is 2.33. The molecule has 0 radical (unpaired) electrons. The minimum absolute atomic E-state index is 0.239. The van der Waals surface area contributed by atoms with Crippen LogP contribution in [-0.4, -0.2) is 23.9 Å². The SMILES string of the molecule is COC(=O)C1=C(C)N(Cc2ccco2)C(=O)/C1=C\c1ccc(C(C)C)cc1. The van der Waals surface area contributed by atoms with E-state index in [1.54, 1.807) is 36.3 Å². The predicted molar refractivity (Wildman–Crippen MR) is 102 cm³/mol. The smallest absolute Gasteiger partial charge is 0.340 e. The molecule has 3 rings (SSSR count). The van der Waals surface area contributed by atoms with E-state index in [0.717, 1.165) is 5.56 Å². The number of esters is 1. The second-order valence-electron chi connectivity index (χ2n) is 6.80. The summed E-state index contributed by atoms with van der Waals surface area (Å²) in [5.41, 5.74) is 3.27. The van der Waals surface area contributed by atoms with Gasteiger partial charge in [-0.25, -0.2) is 4.79 Å². The summed E-state index contributed by atoms with van der Waals surface area (Å²) in [4.78, 5) is 26.9. The van der Waals surface area contributed by atoms with Crippen molar-refractivity contribution >= 4 is 18.0 Å². The summed E-state index contributed by atoms with van der Waals surface area (Å²) in [5, 5.41) is 0. The van der Waals surface area contributed by atoms with E-state index in [1.807, 2.05) is 24.3 Å². The number of allylic oxidation sites excluding steroid dienone is 1. The lowest BCUT2D eigenvalue weighted by Crippen LogP contribution is -2.24. The molecular formula is C22H23NO4. The van der Waals surface area contributed by atoms with E-state index in [0.29, 0.717) is 28.5 Å². The molecule has 0 fully saturated rings. The van der Waals surface area contributed by atoms with Gasteiger partial charge >= 0.3 is 5.97 Å². The first-order valence-electron chi connectivity index (χ1n) is 8.87. The first-order chi connectivity index (χ1) is 12.9. The Morgan fingerprint density at radius 3 is 2.48 bits per heavy atom. The zero-order chi connectivity index (χ0) is 19.6. The summed E-state index contributed by atoms with van der Waals surface area (Å²) in [6.45, 7) is 6.27. The van der Waals surface area contributed by atoms with Crippen LogP contribution in [0.3, 0.4) is 0 Å². The van der Waals surface area contributed by atoms with Crippen LogP contribution in [0.5, 0.6) is 0 Å². The Morgan fingerprint density at radius 1 is 1.22 bits per heavy atom. The van der Waals surface area contributed by atoms with Gasteiger partial charge < -0.3 is 14.1 Å². The molecule has 0 saturated carbocycles. The molecule has 0 aliphatic carbocycles. The van der Waals surface area contributed by atoms with Gasteiger partial charge in [0.1, 0.15) is 5.76 Å². The van der Waals surface area contributed by atoms with Crippen LogP contribution in [0.2, 0.25) is 0 Å². The highest BCUT2D eigenvalue weighted by Gasteiger charge is 2.37. The first-order valence-corrected chi connectivity index (χ1v) is 8.87. The lowest BCUT2D eigenvalue weighted by atomic mass is 9.99. The Kier molecular flexibility index (Phi) is 5.31. The van der Waals surface area contributed by atoms with Crippen LogP contribution in [0.1, 0.15) is 43.6 Å². The Hall–Kier alpha value is -3.08. The number of nitrogens with zero attached hydrogens (tertiary/aromatic N) is 1. The summed E-state index contributed by atoms with van der Waals surface area (Å²) in [5.74, 6) is 0.316. The fraction of sp³-hybridized carbons (Fsp3) is 0.273. The van der Waals surface area contributed by atoms with E-state index < -0.39 is 5.97 Å². The average molecular weight is 365 g/mol. The van der Waals surface area contributed by atoms with Gasteiger partial charge in [-0.3, -0.25) is 4.79 Å². The molecule has 0 saturated heterocycles. The fourth-order valence-corrected chi connectivity index (χ4v) is 3.12. The summed E-state index contributed by atoms with van der Waals surface area (Å²) >= 11 is 0. The third kappa shape index (κ3) is 3.72. The third-order valence-electron chi connectivity index (χ3n) is 4.71. The van der Waals surface area contributed by atoms with Crippen molar-refractivity contribution in [3.8, 4) is 0 Å². The van der Waals surface area contributed by atoms with Crippen LogP contribution < -0.4 is 0 Å². The number of ether oxygens (including phenoxy) is 1. The number of hydrogen-bond acceptors (Lipinski definition) is 4. The topological polar surface area (TPSA) is 59.8 Å². The monoisotopic (exact) mass is 365 g/mol. The van der Waals surface area contributed by atoms with Crippen LogP contribution in [0, 0.1) is 0 Å². The molecule has 0 bridgehead atoms. The zero-order valence-corrected chi connectivity index (χ0v) is 16.0. The molecular weight excluding hydrogens is 342 g/mol. The molecule has 0 N–H and O–H groups in total. The number of amides is 1. The van der Waals surface area contributed by atoms with Crippen LogP contribution in [0.15, 0.2) is 63.9 Å². The Labute approximate surface area is 158 Å². The number of hydrogen-bond donors (Lipinski definition) is 0. The third-order valence-corrected chi connectivity index (χ3v) is 4.71. The summed E-state index contributed by atoms with van der Waals surface area (Å²) in [6, 6.07) is 11.5. The molecule has 27 heavy (non-hydrogen) atoms. The molecule has 1 amide bonds. The maximum Gasteiger partial charge on any atom is 0.340 e. The second kappa shape index (κ2) is 7.66. The van der Waals surface area contributed by atoms with Crippen LogP contribution in [-0.2, 0) is 20.9 Å². The number of furan rings is 1. The lowest BCUT2D eigenvalue weighted by Gasteiger charge is -2.16. The van der Waals surface area contributed by atoms with Crippen molar-refractivity contribution < 1.29 is 18.7 Å². The first kappa shape index (κ1) is 18.7. The van der Waals surface area contributed by atoms with Gasteiger partial charge in [-0.1, -0.05) is 38.1 Å². The highest BCUT2D eigenvalue weighted by molar-refractivity contribution is 6.16. The van der Waals surface area contributed by atoms with Crippen LogP contribution >= 0.6 is 0 Å². The quantitative estimate of drug-likeness (QED) is 0.586. The maximum absolute atomic E-state index is 13.0. The molecule has 0 unspecified atom stereocenters. The molecule has 1 aliphatic heterocycles. The lowest BCUT2D eigenvalue weighted by molar-refractivity contribution is -0.136. The van der Waals surface area contributed by atoms with Gasteiger partial charge in [0.05, 0.1) is 31.1 Å². The second-order valence-corrected chi connectivity index (χ2v) is 6.80. The van der Waals surface area contributed by atoms with Gasteiger partial charge in [0.25, 0.3) is 5.91 Å². The minimum Gasteiger partial charge on any atom is -0.467 e. The van der Waals surface area contributed by atoms with Crippen LogP contribution in [0.4, 0.5) is 0 Å². The number of benzene rings is 1. The Morgan fingerprint density at radius 2 is 1.93 bits per heavy atom. The minimum atomic E-state index is -0.521. The van der Waals surface area contributed by atoms with Crippen LogP contribution in [0.25, 0.3) is 6.08 Å². The molecule has 0 spiro atoms. The van der Waals surface area contributed by atoms with Crippen molar-refractivity contribution in [2.24, 2.45) is 0 Å². The molecule has 2 heterocycles. The van der Waals surface area contributed by atoms with Gasteiger partial charge in [0.2, 0.25) is 0 Å². The van der Waals surface area contributed by atoms with Crippen molar-refractivity contribution in [2.45, 2.75) is 33.2 Å². The summed E-state index contributed by atoms with van der Waals surface area (Å²) in [7, 11) is 1.32. The molecule has 1 aliphatic rings. The summed E-state index contributed by atoms with van der Waals surface area (Å²) < 4.78 is 10.3. The highest BCUT2D eigenvalue weighted by atomic mass is 16.5. The van der Waals surface area contributed by atoms with Crippen molar-refractivity contribution in [1.82, 2.24) is 4.90 Å². The zero-order valence-electron chi connectivity index (χ0n) is 16.0. The van der Waals surface area contributed by atoms with Gasteiger partial charge in [0, 0.05) is 5.70 Å². The van der Waals surface area contributed by atoms with E-state index in [9.17, 15) is 9.59 Å². The van der Waals surface area contributed by atoms with E-state index in [4.69, 9.17) is 9.15 Å². The van der Waals surface area contributed by atoms with Crippen molar-refractivity contribution in [2.75, 3.05) is 7.11 Å². The number of carbonyl (C=O) groups excluding carboxylic acids is 2. The Balaban J connectivity index is 1.99. The van der Waals surface area contributed by atoms with Crippen molar-refractivity contribution in [3.63, 3.8) is 0 Å². The van der Waals surface area contributed by atoms with E-state index in [2.05, 4.69) is 13.8 Å². The van der Waals surface area contributed by atoms with E-state index in [-0.39, 0.29) is 12.5 Å². The molecule has 1 aromatic heterocycles. The molecule has 5 heteroatoms. The number of rotatable bonds is 5. The standard InChI is InChI=1S/C22H23NO4/c1-14(2)17-9-7-16(8-10-17)12-19-20(22(25)26-4)15(3)23(21(19)24)13-18-6-5-11-27-18/h5-12,14H,13H2,1-4H3/b19-12-. The molecule has 2 aromatic rings. The fourth-order valence-electron chi connectivity index (χ4n) is 3.12. The van der Waals surface area contributed by atoms with E-state index in [1.165, 1.54) is 12.7 Å². The Bertz CT molecular complexity index is 902. The van der Waals surface area contributed by atoms with Gasteiger partial charge in [-0.15, -0.1) is 0 Å². The molecule has 1 aromatic carbocycles. The number of methoxy groups -OCH3 is 1. The van der Waals surface area contributed by atoms with E-state index >= 15 is 0 Å².